The van der Waals surface area contributed by atoms with Gasteiger partial charge in [0.05, 0.1) is 22.8 Å². The van der Waals surface area contributed by atoms with Crippen LogP contribution in [0.25, 0.3) is 0 Å². The molecule has 8 heteroatoms. The summed E-state index contributed by atoms with van der Waals surface area (Å²) in [5.74, 6) is 0.891. The third-order valence-corrected chi connectivity index (χ3v) is 7.39. The number of benzene rings is 3. The van der Waals surface area contributed by atoms with Gasteiger partial charge in [-0.3, -0.25) is 9.69 Å². The largest absolute Gasteiger partial charge is 0.496 e. The Morgan fingerprint density at radius 3 is 2.22 bits per heavy atom. The minimum absolute atomic E-state index is 0.141. The lowest BCUT2D eigenvalue weighted by Crippen LogP contribution is -2.38. The fourth-order valence-electron chi connectivity index (χ4n) is 4.89. The number of hydrazone groups is 1. The summed E-state index contributed by atoms with van der Waals surface area (Å²) in [6, 6.07) is 21.5. The smallest absolute Gasteiger partial charge is 0.198 e. The number of hydrogen-bond donors (Lipinski definition) is 0. The van der Waals surface area contributed by atoms with Gasteiger partial charge in [-0.2, -0.15) is 0 Å². The molecule has 2 heterocycles. The average molecular weight is 523 g/mol. The van der Waals surface area contributed by atoms with Gasteiger partial charge in [-0.25, -0.2) is 5.01 Å². The molecule has 0 saturated carbocycles. The summed E-state index contributed by atoms with van der Waals surface area (Å²) in [6.07, 6.45) is 3.23. The zero-order valence-corrected chi connectivity index (χ0v) is 21.8. The van der Waals surface area contributed by atoms with Gasteiger partial charge in [-0.15, -0.1) is 5.10 Å². The second kappa shape index (κ2) is 10.4. The number of ketones is 1. The van der Waals surface area contributed by atoms with Crippen molar-refractivity contribution in [2.45, 2.75) is 32.4 Å². The molecule has 0 radical (unpaired) electrons. The Kier molecular flexibility index (Phi) is 7.08. The summed E-state index contributed by atoms with van der Waals surface area (Å²) in [5, 5.41) is 7.46. The van der Waals surface area contributed by atoms with Gasteiger partial charge in [0.25, 0.3) is 0 Å². The molecule has 2 aliphatic heterocycles. The zero-order chi connectivity index (χ0) is 25.2. The number of piperidine rings is 1. The predicted octanol–water partition coefficient (Wildman–Crippen LogP) is 6.92. The van der Waals surface area contributed by atoms with E-state index in [2.05, 4.69) is 29.2 Å². The maximum atomic E-state index is 12.9. The van der Waals surface area contributed by atoms with Crippen LogP contribution in [0, 0.1) is 0 Å². The second-order valence-electron chi connectivity index (χ2n) is 8.97. The van der Waals surface area contributed by atoms with Gasteiger partial charge in [0, 0.05) is 37.0 Å². The fraction of sp³-hybridized carbons (Fsp3) is 0.286. The van der Waals surface area contributed by atoms with Crippen LogP contribution >= 0.6 is 23.2 Å². The summed E-state index contributed by atoms with van der Waals surface area (Å²) in [6.45, 7) is 3.67. The van der Waals surface area contributed by atoms with Crippen molar-refractivity contribution in [1.82, 2.24) is 0 Å². The van der Waals surface area contributed by atoms with Crippen molar-refractivity contribution in [3.8, 4) is 5.75 Å². The molecule has 3 aromatic rings. The standard InChI is InChI=1S/C28H28Cl2N4O2/c1-19(35)27-31-34(22-14-15-24(29)25(30)18-22)28(23-8-4-5-9-26(23)36-2)33(27)21-12-10-20(11-13-21)32-16-6-3-7-17-32/h4-5,8-15,18,28H,3,6-7,16-17H2,1-2H3/t28-/m1/s1. The van der Waals surface area contributed by atoms with Crippen LogP contribution in [-0.4, -0.2) is 31.8 Å². The molecule has 1 atom stereocenters. The first-order chi connectivity index (χ1) is 17.5. The Bertz CT molecular complexity index is 1290. The molecule has 0 N–H and O–H groups in total. The van der Waals surface area contributed by atoms with Gasteiger partial charge in [0.2, 0.25) is 0 Å². The number of methoxy groups -OCH3 is 1. The number of hydrogen-bond acceptors (Lipinski definition) is 6. The Labute approximate surface area is 221 Å². The van der Waals surface area contributed by atoms with E-state index in [1.54, 1.807) is 24.3 Å². The van der Waals surface area contributed by atoms with Crippen LogP contribution < -0.4 is 19.5 Å². The highest BCUT2D eigenvalue weighted by Gasteiger charge is 2.40. The first-order valence-corrected chi connectivity index (χ1v) is 12.8. The predicted molar refractivity (Wildman–Crippen MR) is 148 cm³/mol. The van der Waals surface area contributed by atoms with Crippen molar-refractivity contribution in [2.75, 3.05) is 35.0 Å². The van der Waals surface area contributed by atoms with E-state index in [-0.39, 0.29) is 5.78 Å². The van der Waals surface area contributed by atoms with Gasteiger partial charge in [-0.05, 0) is 67.8 Å². The highest BCUT2D eigenvalue weighted by atomic mass is 35.5. The van der Waals surface area contributed by atoms with Gasteiger partial charge >= 0.3 is 0 Å². The summed E-state index contributed by atoms with van der Waals surface area (Å²) >= 11 is 12.6. The van der Waals surface area contributed by atoms with E-state index in [1.165, 1.54) is 31.9 Å². The Morgan fingerprint density at radius 1 is 0.889 bits per heavy atom. The Morgan fingerprint density at radius 2 is 1.56 bits per heavy atom. The van der Waals surface area contributed by atoms with Crippen molar-refractivity contribution in [3.63, 3.8) is 0 Å². The van der Waals surface area contributed by atoms with Crippen molar-refractivity contribution in [2.24, 2.45) is 5.10 Å². The molecule has 0 spiro atoms. The number of halogens is 2. The maximum absolute atomic E-state index is 12.9. The normalized spacial score (nSPS) is 17.8. The SMILES string of the molecule is COc1ccccc1[C@H]1N(c2ccc(Cl)c(Cl)c2)N=C(C(C)=O)N1c1ccc(N2CCCCC2)cc1. The lowest BCUT2D eigenvalue weighted by atomic mass is 10.1. The number of carbonyl (C=O) groups is 1. The van der Waals surface area contributed by atoms with Gasteiger partial charge in [0.1, 0.15) is 5.75 Å². The molecule has 0 unspecified atom stereocenters. The number of Topliss-reactive ketones (excluding diaryl/α,β-unsaturated/α-hetero) is 1. The molecular weight excluding hydrogens is 495 g/mol. The van der Waals surface area contributed by atoms with Crippen LogP contribution in [0.4, 0.5) is 17.1 Å². The van der Waals surface area contributed by atoms with Crippen molar-refractivity contribution in [1.29, 1.82) is 0 Å². The second-order valence-corrected chi connectivity index (χ2v) is 9.79. The molecular formula is C28H28Cl2N4O2. The van der Waals surface area contributed by atoms with Gasteiger partial charge < -0.3 is 9.64 Å². The maximum Gasteiger partial charge on any atom is 0.198 e. The zero-order valence-electron chi connectivity index (χ0n) is 20.3. The third kappa shape index (κ3) is 4.63. The molecule has 6 nitrogen and oxygen atoms in total. The lowest BCUT2D eigenvalue weighted by Gasteiger charge is -2.33. The summed E-state index contributed by atoms with van der Waals surface area (Å²) in [7, 11) is 1.64. The first-order valence-electron chi connectivity index (χ1n) is 12.1. The van der Waals surface area contributed by atoms with E-state index in [1.807, 2.05) is 35.2 Å². The molecule has 3 aromatic carbocycles. The minimum Gasteiger partial charge on any atom is -0.496 e. The molecule has 1 fully saturated rings. The Balaban J connectivity index is 1.62. The number of nitrogens with zero attached hydrogens (tertiary/aromatic N) is 4. The first kappa shape index (κ1) is 24.5. The summed E-state index contributed by atoms with van der Waals surface area (Å²) in [4.78, 5) is 17.3. The van der Waals surface area contributed by atoms with E-state index < -0.39 is 6.17 Å². The number of anilines is 3. The molecule has 36 heavy (non-hydrogen) atoms. The summed E-state index contributed by atoms with van der Waals surface area (Å²) in [5.41, 5.74) is 3.63. The molecule has 0 aliphatic carbocycles. The molecule has 1 saturated heterocycles. The number of ether oxygens (including phenoxy) is 1. The molecule has 0 aromatic heterocycles. The van der Waals surface area contributed by atoms with E-state index in [4.69, 9.17) is 33.0 Å². The molecule has 0 bridgehead atoms. The number of para-hydroxylation sites is 1. The average Bonchev–Trinajstić information content (AvgIpc) is 3.31. The molecule has 2 aliphatic rings. The van der Waals surface area contributed by atoms with Crippen molar-refractivity contribution < 1.29 is 9.53 Å². The van der Waals surface area contributed by atoms with Crippen LogP contribution in [-0.2, 0) is 4.79 Å². The van der Waals surface area contributed by atoms with E-state index in [0.717, 1.165) is 24.3 Å². The van der Waals surface area contributed by atoms with E-state index in [9.17, 15) is 4.79 Å². The van der Waals surface area contributed by atoms with Crippen LogP contribution in [0.5, 0.6) is 5.75 Å². The van der Waals surface area contributed by atoms with Gasteiger partial charge in [0.15, 0.2) is 17.8 Å². The number of rotatable bonds is 6. The van der Waals surface area contributed by atoms with Crippen molar-refractivity contribution in [3.05, 3.63) is 82.3 Å². The molecule has 0 amide bonds. The highest BCUT2D eigenvalue weighted by molar-refractivity contribution is 6.44. The Hall–Kier alpha value is -3.22. The van der Waals surface area contributed by atoms with Crippen LogP contribution in [0.15, 0.2) is 71.8 Å². The third-order valence-electron chi connectivity index (χ3n) is 6.66. The summed E-state index contributed by atoms with van der Waals surface area (Å²) < 4.78 is 5.72. The van der Waals surface area contributed by atoms with E-state index >= 15 is 0 Å². The van der Waals surface area contributed by atoms with Crippen molar-refractivity contribution >= 4 is 51.9 Å². The minimum atomic E-state index is -0.474. The van der Waals surface area contributed by atoms with Crippen LogP contribution in [0.3, 0.4) is 0 Å². The monoisotopic (exact) mass is 522 g/mol. The molecule has 5 rings (SSSR count). The van der Waals surface area contributed by atoms with Crippen LogP contribution in [0.2, 0.25) is 10.0 Å². The highest BCUT2D eigenvalue weighted by Crippen LogP contribution is 2.43. The topological polar surface area (TPSA) is 48.4 Å². The fourth-order valence-corrected chi connectivity index (χ4v) is 5.18. The number of carbonyl (C=O) groups excluding carboxylic acids is 1. The van der Waals surface area contributed by atoms with Crippen LogP contribution in [0.1, 0.15) is 37.9 Å². The van der Waals surface area contributed by atoms with Gasteiger partial charge in [-0.1, -0.05) is 41.4 Å². The lowest BCUT2D eigenvalue weighted by molar-refractivity contribution is -0.111. The number of amidine groups is 1. The molecule has 186 valence electrons. The quantitative estimate of drug-likeness (QED) is 0.351. The van der Waals surface area contributed by atoms with E-state index in [0.29, 0.717) is 27.3 Å².